The molecule has 3 saturated carbocycles. The van der Waals surface area contributed by atoms with Crippen LogP contribution in [-0.2, 0) is 24.0 Å². The van der Waals surface area contributed by atoms with Crippen molar-refractivity contribution in [2.75, 3.05) is 6.54 Å². The van der Waals surface area contributed by atoms with Gasteiger partial charge in [-0.3, -0.25) is 9.59 Å². The van der Waals surface area contributed by atoms with Gasteiger partial charge in [-0.05, 0) is 69.8 Å². The number of fused-ring (bicyclic) bond motifs is 2. The van der Waals surface area contributed by atoms with E-state index in [9.17, 15) is 24.3 Å². The van der Waals surface area contributed by atoms with Crippen molar-refractivity contribution in [1.82, 2.24) is 15.5 Å². The molecule has 5 atom stereocenters. The van der Waals surface area contributed by atoms with Gasteiger partial charge < -0.3 is 30.2 Å². The number of benzene rings is 1. The smallest absolute Gasteiger partial charge is 0.408 e. The monoisotopic (exact) mass is 648 g/mol. The lowest BCUT2D eigenvalue weighted by Crippen LogP contribution is -2.56. The van der Waals surface area contributed by atoms with E-state index < -0.39 is 47.6 Å². The molecule has 11 heteroatoms. The molecule has 5 aliphatic rings. The highest BCUT2D eigenvalue weighted by Crippen LogP contribution is 2.45. The van der Waals surface area contributed by atoms with E-state index in [1.807, 2.05) is 42.5 Å². The molecular formula is C36H48N4O7. The summed E-state index contributed by atoms with van der Waals surface area (Å²) in [5, 5.41) is 20.4. The predicted molar refractivity (Wildman–Crippen MR) is 174 cm³/mol. The number of carboxylic acids is 1. The first-order valence-corrected chi connectivity index (χ1v) is 17.6. The molecule has 3 amide bonds. The van der Waals surface area contributed by atoms with E-state index in [-0.39, 0.29) is 30.9 Å². The summed E-state index contributed by atoms with van der Waals surface area (Å²) in [5.74, 6) is -2.06. The van der Waals surface area contributed by atoms with Crippen LogP contribution in [0.1, 0.15) is 102 Å². The van der Waals surface area contributed by atoms with Gasteiger partial charge in [0, 0.05) is 18.3 Å². The molecule has 11 nitrogen and oxygen atoms in total. The van der Waals surface area contributed by atoms with Crippen LogP contribution in [-0.4, -0.2) is 76.0 Å². The molecular weight excluding hydrogens is 600 g/mol. The Kier molecular flexibility index (Phi) is 10.5. The fourth-order valence-corrected chi connectivity index (χ4v) is 7.77. The van der Waals surface area contributed by atoms with Crippen molar-refractivity contribution >= 4 is 29.6 Å². The number of hydrogen-bond donors (Lipinski definition) is 3. The summed E-state index contributed by atoms with van der Waals surface area (Å²) >= 11 is 0. The molecule has 2 heterocycles. The molecule has 4 fully saturated rings. The SMILES string of the molecule is O=C(N[C@H]1CCCCC/C=C\C2C[C@@]2(C(=O)O)NC(=O)[C@@H]2C[C@@H](O/N=C(/c3ccccc3)C3CCCC3)CN2C1=O)OC1CCCC1. The Balaban J connectivity index is 1.25. The quantitative estimate of drug-likeness (QED) is 0.212. The molecule has 0 spiro atoms. The third kappa shape index (κ3) is 7.81. The Bertz CT molecular complexity index is 1350. The van der Waals surface area contributed by atoms with Gasteiger partial charge in [0.2, 0.25) is 11.8 Å². The van der Waals surface area contributed by atoms with Crippen LogP contribution in [0.25, 0.3) is 0 Å². The minimum Gasteiger partial charge on any atom is -0.479 e. The largest absolute Gasteiger partial charge is 0.479 e. The second-order valence-corrected chi connectivity index (χ2v) is 13.9. The average Bonchev–Trinajstić information content (AvgIpc) is 3.56. The van der Waals surface area contributed by atoms with Crippen molar-refractivity contribution in [2.45, 2.75) is 126 Å². The van der Waals surface area contributed by atoms with E-state index in [0.29, 0.717) is 19.3 Å². The Morgan fingerprint density at radius 1 is 0.936 bits per heavy atom. The maximum absolute atomic E-state index is 14.3. The third-order valence-corrected chi connectivity index (χ3v) is 10.6. The number of nitrogens with zero attached hydrogens (tertiary/aromatic N) is 2. The minimum absolute atomic E-state index is 0.0897. The first-order chi connectivity index (χ1) is 22.8. The highest BCUT2D eigenvalue weighted by atomic mass is 16.6. The number of carboxylic acid groups (broad SMARTS) is 1. The number of carbonyl (C=O) groups excluding carboxylic acids is 3. The molecule has 2 aliphatic heterocycles. The van der Waals surface area contributed by atoms with E-state index in [0.717, 1.165) is 81.9 Å². The maximum Gasteiger partial charge on any atom is 0.408 e. The van der Waals surface area contributed by atoms with Gasteiger partial charge in [0.15, 0.2) is 0 Å². The predicted octanol–water partition coefficient (Wildman–Crippen LogP) is 5.08. The normalized spacial score (nSPS) is 31.6. The number of rotatable bonds is 7. The summed E-state index contributed by atoms with van der Waals surface area (Å²) in [4.78, 5) is 61.1. The molecule has 1 unspecified atom stereocenters. The highest BCUT2D eigenvalue weighted by molar-refractivity contribution is 6.02. The summed E-state index contributed by atoms with van der Waals surface area (Å²) in [5.41, 5.74) is 0.461. The van der Waals surface area contributed by atoms with Gasteiger partial charge >= 0.3 is 12.1 Å². The van der Waals surface area contributed by atoms with E-state index in [1.165, 1.54) is 4.90 Å². The molecule has 1 aromatic carbocycles. The van der Waals surface area contributed by atoms with Gasteiger partial charge in [-0.25, -0.2) is 9.59 Å². The lowest BCUT2D eigenvalue weighted by Gasteiger charge is -2.29. The van der Waals surface area contributed by atoms with Crippen molar-refractivity contribution in [2.24, 2.45) is 17.0 Å². The summed E-state index contributed by atoms with van der Waals surface area (Å²) < 4.78 is 5.64. The van der Waals surface area contributed by atoms with E-state index >= 15 is 0 Å². The molecule has 3 aliphatic carbocycles. The molecule has 0 radical (unpaired) electrons. The van der Waals surface area contributed by atoms with Crippen LogP contribution in [0.4, 0.5) is 4.79 Å². The number of allylic oxidation sites excluding steroid dienone is 1. The summed E-state index contributed by atoms with van der Waals surface area (Å²) in [7, 11) is 0. The third-order valence-electron chi connectivity index (χ3n) is 10.6. The molecule has 1 aromatic rings. The van der Waals surface area contributed by atoms with Crippen LogP contribution in [0.2, 0.25) is 0 Å². The minimum atomic E-state index is -1.40. The number of oxime groups is 1. The van der Waals surface area contributed by atoms with Gasteiger partial charge in [0.25, 0.3) is 0 Å². The zero-order valence-electron chi connectivity index (χ0n) is 27.1. The van der Waals surface area contributed by atoms with Gasteiger partial charge in [-0.2, -0.15) is 0 Å². The summed E-state index contributed by atoms with van der Waals surface area (Å²) in [6.07, 6.45) is 14.5. The van der Waals surface area contributed by atoms with E-state index in [1.54, 1.807) is 0 Å². The first kappa shape index (κ1) is 33.0. The van der Waals surface area contributed by atoms with Crippen molar-refractivity contribution in [1.29, 1.82) is 0 Å². The van der Waals surface area contributed by atoms with Crippen LogP contribution < -0.4 is 10.6 Å². The Morgan fingerprint density at radius 2 is 1.66 bits per heavy atom. The summed E-state index contributed by atoms with van der Waals surface area (Å²) in [6.45, 7) is 0.0897. The van der Waals surface area contributed by atoms with E-state index in [2.05, 4.69) is 15.8 Å². The van der Waals surface area contributed by atoms with Crippen LogP contribution in [0, 0.1) is 11.8 Å². The molecule has 47 heavy (non-hydrogen) atoms. The van der Waals surface area contributed by atoms with Gasteiger partial charge in [-0.15, -0.1) is 0 Å². The first-order valence-electron chi connectivity index (χ1n) is 17.6. The van der Waals surface area contributed by atoms with E-state index in [4.69, 9.17) is 9.57 Å². The molecule has 6 rings (SSSR count). The number of amides is 3. The molecule has 254 valence electrons. The lowest BCUT2D eigenvalue weighted by atomic mass is 9.95. The highest BCUT2D eigenvalue weighted by Gasteiger charge is 2.61. The maximum atomic E-state index is 14.3. The fraction of sp³-hybridized carbons (Fsp3) is 0.639. The number of ether oxygens (including phenoxy) is 1. The molecule has 1 saturated heterocycles. The number of aliphatic carboxylic acids is 1. The Morgan fingerprint density at radius 3 is 2.40 bits per heavy atom. The molecule has 3 N–H and O–H groups in total. The number of carbonyl (C=O) groups is 4. The van der Waals surface area contributed by atoms with Crippen molar-refractivity contribution in [3.05, 3.63) is 48.0 Å². The molecule has 0 aromatic heterocycles. The zero-order chi connectivity index (χ0) is 32.8. The lowest BCUT2D eigenvalue weighted by molar-refractivity contribution is -0.145. The number of hydrogen-bond acceptors (Lipinski definition) is 7. The van der Waals surface area contributed by atoms with Crippen molar-refractivity contribution in [3.63, 3.8) is 0 Å². The van der Waals surface area contributed by atoms with Gasteiger partial charge in [0.1, 0.15) is 29.8 Å². The Hall–Kier alpha value is -3.89. The van der Waals surface area contributed by atoms with Gasteiger partial charge in [-0.1, -0.05) is 73.3 Å². The van der Waals surface area contributed by atoms with Crippen LogP contribution in [0.3, 0.4) is 0 Å². The summed E-state index contributed by atoms with van der Waals surface area (Å²) in [6, 6.07) is 8.07. The fourth-order valence-electron chi connectivity index (χ4n) is 7.77. The standard InChI is InChI=1S/C36H48N4O7/c41-32-30-21-28(47-39-31(25-15-9-10-16-25)24-13-5-4-6-14-24)23-40(30)33(42)29(37-35(45)46-27-18-11-12-19-27)20-8-3-1-2-7-17-26-22-36(26,38-32)34(43)44/h4-7,13-14,17,25-30H,1-3,8-12,15-16,18-23H2,(H,37,45)(H,38,41)(H,43,44)/b17-7-,39-31-/t26?,28-,29+,30+,36-/m1/s1. The average molecular weight is 649 g/mol. The van der Waals surface area contributed by atoms with Crippen molar-refractivity contribution in [3.8, 4) is 0 Å². The second kappa shape index (κ2) is 14.9. The number of alkyl carbamates (subject to hydrolysis) is 1. The van der Waals surface area contributed by atoms with Crippen molar-refractivity contribution < 1.29 is 33.9 Å². The topological polar surface area (TPSA) is 147 Å². The molecule has 0 bridgehead atoms. The zero-order valence-corrected chi connectivity index (χ0v) is 27.1. The van der Waals surface area contributed by atoms with Gasteiger partial charge in [0.05, 0.1) is 12.3 Å². The Labute approximate surface area is 276 Å². The van der Waals surface area contributed by atoms with Crippen LogP contribution in [0.15, 0.2) is 47.6 Å². The second-order valence-electron chi connectivity index (χ2n) is 13.9. The van der Waals surface area contributed by atoms with Crippen LogP contribution in [0.5, 0.6) is 0 Å². The number of nitrogens with one attached hydrogen (secondary N) is 2. The van der Waals surface area contributed by atoms with Crippen LogP contribution >= 0.6 is 0 Å².